The Balaban J connectivity index is 1.84. The molecular formula is C25H17N3O5. The van der Waals surface area contributed by atoms with Gasteiger partial charge in [0, 0.05) is 34.7 Å². The van der Waals surface area contributed by atoms with E-state index in [-0.39, 0.29) is 34.9 Å². The SMILES string of the molecule is CCOC(=O)c1cc(C(=O)c2ccc([N+](=O)[O-])cc2)n2c1ccc1ccc3cccnc3c12. The lowest BCUT2D eigenvalue weighted by atomic mass is 10.1. The Morgan fingerprint density at radius 1 is 1.03 bits per heavy atom. The molecule has 0 spiro atoms. The molecule has 0 N–H and O–H groups in total. The second-order valence-corrected chi connectivity index (χ2v) is 7.43. The topological polar surface area (TPSA) is 104 Å². The first kappa shape index (κ1) is 20.3. The number of benzene rings is 2. The molecule has 5 rings (SSSR count). The molecule has 8 heteroatoms. The molecule has 5 aromatic rings. The number of ether oxygens (including phenoxy) is 1. The zero-order chi connectivity index (χ0) is 23.1. The van der Waals surface area contributed by atoms with Gasteiger partial charge in [0.05, 0.1) is 39.3 Å². The highest BCUT2D eigenvalue weighted by atomic mass is 16.6. The molecule has 0 bridgehead atoms. The summed E-state index contributed by atoms with van der Waals surface area (Å²) in [4.78, 5) is 41.3. The third-order valence-electron chi connectivity index (χ3n) is 5.53. The van der Waals surface area contributed by atoms with Crippen LogP contribution in [-0.4, -0.2) is 32.7 Å². The van der Waals surface area contributed by atoms with Crippen molar-refractivity contribution in [1.29, 1.82) is 0 Å². The monoisotopic (exact) mass is 439 g/mol. The molecule has 162 valence electrons. The molecule has 0 saturated heterocycles. The standard InChI is InChI=1S/C25H17N3O5/c1-2-33-25(30)19-14-21(24(29)17-7-10-18(11-8-17)28(31)32)27-20(19)12-9-16-6-5-15-4-3-13-26-22(15)23(16)27/h3-14H,2H2,1H3. The van der Waals surface area contributed by atoms with Gasteiger partial charge >= 0.3 is 5.97 Å². The molecule has 2 aromatic carbocycles. The average molecular weight is 439 g/mol. The minimum Gasteiger partial charge on any atom is -0.462 e. The maximum Gasteiger partial charge on any atom is 0.340 e. The van der Waals surface area contributed by atoms with E-state index in [2.05, 4.69) is 4.98 Å². The highest BCUT2D eigenvalue weighted by Crippen LogP contribution is 2.30. The fraction of sp³-hybridized carbons (Fsp3) is 0.0800. The number of ketones is 1. The number of pyridine rings is 2. The summed E-state index contributed by atoms with van der Waals surface area (Å²) in [5, 5.41) is 12.7. The number of hydrogen-bond donors (Lipinski definition) is 0. The Bertz CT molecular complexity index is 1590. The minimum atomic E-state index is -0.537. The van der Waals surface area contributed by atoms with E-state index in [1.165, 1.54) is 30.3 Å². The predicted molar refractivity (Wildman–Crippen MR) is 123 cm³/mol. The van der Waals surface area contributed by atoms with Crippen LogP contribution in [0.1, 0.15) is 33.3 Å². The molecule has 3 heterocycles. The Hall–Kier alpha value is -4.59. The van der Waals surface area contributed by atoms with E-state index in [1.807, 2.05) is 30.3 Å². The molecule has 0 aliphatic rings. The zero-order valence-corrected chi connectivity index (χ0v) is 17.5. The van der Waals surface area contributed by atoms with Crippen molar-refractivity contribution in [3.05, 3.63) is 99.9 Å². The van der Waals surface area contributed by atoms with Gasteiger partial charge < -0.3 is 9.14 Å². The van der Waals surface area contributed by atoms with Crippen molar-refractivity contribution < 1.29 is 19.2 Å². The zero-order valence-electron chi connectivity index (χ0n) is 17.5. The van der Waals surface area contributed by atoms with Crippen LogP contribution < -0.4 is 0 Å². The first-order valence-electron chi connectivity index (χ1n) is 10.3. The third kappa shape index (κ3) is 3.28. The maximum atomic E-state index is 13.6. The van der Waals surface area contributed by atoms with Crippen molar-refractivity contribution in [1.82, 2.24) is 9.38 Å². The van der Waals surface area contributed by atoms with Gasteiger partial charge in [0.25, 0.3) is 5.69 Å². The van der Waals surface area contributed by atoms with Crippen LogP contribution in [0.2, 0.25) is 0 Å². The number of nitrogens with zero attached hydrogens (tertiary/aromatic N) is 3. The van der Waals surface area contributed by atoms with Gasteiger partial charge in [-0.05, 0) is 37.3 Å². The summed E-state index contributed by atoms with van der Waals surface area (Å²) in [6.07, 6.45) is 1.67. The molecule has 8 nitrogen and oxygen atoms in total. The van der Waals surface area contributed by atoms with Crippen LogP contribution in [0.3, 0.4) is 0 Å². The van der Waals surface area contributed by atoms with Gasteiger partial charge in [0.2, 0.25) is 5.78 Å². The Labute approximate surface area is 187 Å². The van der Waals surface area contributed by atoms with E-state index in [1.54, 1.807) is 23.6 Å². The molecule has 3 aromatic heterocycles. The van der Waals surface area contributed by atoms with E-state index in [0.717, 1.165) is 10.8 Å². The molecule has 0 amide bonds. The maximum absolute atomic E-state index is 13.6. The van der Waals surface area contributed by atoms with Crippen molar-refractivity contribution in [3.63, 3.8) is 0 Å². The molecule has 0 saturated carbocycles. The summed E-state index contributed by atoms with van der Waals surface area (Å²) >= 11 is 0. The lowest BCUT2D eigenvalue weighted by Crippen LogP contribution is -2.06. The fourth-order valence-corrected chi connectivity index (χ4v) is 4.04. The van der Waals surface area contributed by atoms with Crippen LogP contribution in [0.25, 0.3) is 27.3 Å². The molecule has 0 fully saturated rings. The van der Waals surface area contributed by atoms with Gasteiger partial charge in [-0.25, -0.2) is 4.79 Å². The lowest BCUT2D eigenvalue weighted by molar-refractivity contribution is -0.384. The number of carbonyl (C=O) groups is 2. The van der Waals surface area contributed by atoms with Crippen molar-refractivity contribution in [2.75, 3.05) is 6.61 Å². The van der Waals surface area contributed by atoms with E-state index in [0.29, 0.717) is 16.6 Å². The lowest BCUT2D eigenvalue weighted by Gasteiger charge is -2.10. The van der Waals surface area contributed by atoms with E-state index >= 15 is 0 Å². The van der Waals surface area contributed by atoms with Gasteiger partial charge in [-0.3, -0.25) is 19.9 Å². The Morgan fingerprint density at radius 2 is 1.76 bits per heavy atom. The summed E-state index contributed by atoms with van der Waals surface area (Å²) < 4.78 is 6.95. The van der Waals surface area contributed by atoms with E-state index in [4.69, 9.17) is 4.74 Å². The number of nitro benzene ring substituents is 1. The fourth-order valence-electron chi connectivity index (χ4n) is 4.04. The van der Waals surface area contributed by atoms with Crippen LogP contribution in [-0.2, 0) is 4.74 Å². The predicted octanol–water partition coefficient (Wildman–Crippen LogP) is 4.96. The summed E-state index contributed by atoms with van der Waals surface area (Å²) in [5.41, 5.74) is 2.54. The summed E-state index contributed by atoms with van der Waals surface area (Å²) in [5.74, 6) is -0.916. The Morgan fingerprint density at radius 3 is 2.48 bits per heavy atom. The number of esters is 1. The second-order valence-electron chi connectivity index (χ2n) is 7.43. The number of aromatic nitrogens is 2. The van der Waals surface area contributed by atoms with Gasteiger partial charge in [0.1, 0.15) is 0 Å². The molecule has 0 radical (unpaired) electrons. The molecule has 33 heavy (non-hydrogen) atoms. The van der Waals surface area contributed by atoms with E-state index in [9.17, 15) is 19.7 Å². The highest BCUT2D eigenvalue weighted by molar-refractivity contribution is 6.14. The number of rotatable bonds is 5. The van der Waals surface area contributed by atoms with Crippen molar-refractivity contribution in [2.24, 2.45) is 0 Å². The number of hydrogen-bond acceptors (Lipinski definition) is 6. The van der Waals surface area contributed by atoms with Gasteiger partial charge in [0.15, 0.2) is 0 Å². The van der Waals surface area contributed by atoms with Crippen LogP contribution in [0, 0.1) is 10.1 Å². The van der Waals surface area contributed by atoms with Crippen LogP contribution in [0.4, 0.5) is 5.69 Å². The highest BCUT2D eigenvalue weighted by Gasteiger charge is 2.24. The average Bonchev–Trinajstić information content (AvgIpc) is 3.23. The van der Waals surface area contributed by atoms with Gasteiger partial charge in [-0.2, -0.15) is 0 Å². The summed E-state index contributed by atoms with van der Waals surface area (Å²) in [7, 11) is 0. The van der Waals surface area contributed by atoms with Crippen LogP contribution in [0.15, 0.2) is 72.9 Å². The second kappa shape index (κ2) is 7.83. The first-order valence-corrected chi connectivity index (χ1v) is 10.3. The molecule has 0 aliphatic heterocycles. The molecular weight excluding hydrogens is 422 g/mol. The first-order chi connectivity index (χ1) is 16.0. The Kier molecular flexibility index (Phi) is 4.82. The van der Waals surface area contributed by atoms with Crippen molar-refractivity contribution in [2.45, 2.75) is 6.92 Å². The largest absolute Gasteiger partial charge is 0.462 e. The van der Waals surface area contributed by atoms with Crippen molar-refractivity contribution >= 4 is 44.8 Å². The van der Waals surface area contributed by atoms with Gasteiger partial charge in [-0.1, -0.05) is 24.3 Å². The molecule has 0 unspecified atom stereocenters. The van der Waals surface area contributed by atoms with Gasteiger partial charge in [-0.15, -0.1) is 0 Å². The smallest absolute Gasteiger partial charge is 0.340 e. The number of fused-ring (bicyclic) bond motifs is 5. The minimum absolute atomic E-state index is 0.112. The molecule has 0 atom stereocenters. The normalized spacial score (nSPS) is 11.2. The number of nitro groups is 1. The van der Waals surface area contributed by atoms with Crippen molar-refractivity contribution in [3.8, 4) is 0 Å². The quantitative estimate of drug-likeness (QED) is 0.126. The number of non-ortho nitro benzene ring substituents is 1. The summed E-state index contributed by atoms with van der Waals surface area (Å²) in [6.45, 7) is 1.91. The third-order valence-corrected chi connectivity index (χ3v) is 5.53. The number of carbonyl (C=O) groups excluding carboxylic acids is 2. The van der Waals surface area contributed by atoms with Crippen LogP contribution >= 0.6 is 0 Å². The summed E-state index contributed by atoms with van der Waals surface area (Å²) in [6, 6.07) is 18.2. The van der Waals surface area contributed by atoms with E-state index < -0.39 is 10.9 Å². The van der Waals surface area contributed by atoms with Crippen LogP contribution in [0.5, 0.6) is 0 Å². The molecule has 0 aliphatic carbocycles.